The number of anilines is 2. The van der Waals surface area contributed by atoms with Crippen LogP contribution in [0.2, 0.25) is 0 Å². The second-order valence-electron chi connectivity index (χ2n) is 7.25. The molecule has 4 aromatic carbocycles. The van der Waals surface area contributed by atoms with Gasteiger partial charge in [0.05, 0.1) is 11.9 Å². The Kier molecular flexibility index (Phi) is 6.09. The van der Waals surface area contributed by atoms with E-state index in [2.05, 4.69) is 5.32 Å². The third kappa shape index (κ3) is 5.07. The molecule has 0 aliphatic rings. The maximum atomic E-state index is 12.8. The molecule has 0 aromatic heterocycles. The topological polar surface area (TPSA) is 75.7 Å². The molecule has 0 aliphatic heterocycles. The third-order valence-electron chi connectivity index (χ3n) is 4.85. The zero-order valence-corrected chi connectivity index (χ0v) is 18.2. The Morgan fingerprint density at radius 3 is 2.16 bits per heavy atom. The van der Waals surface area contributed by atoms with Crippen LogP contribution in [0.3, 0.4) is 0 Å². The highest BCUT2D eigenvalue weighted by molar-refractivity contribution is 7.92. The van der Waals surface area contributed by atoms with Crippen molar-refractivity contribution in [3.8, 4) is 11.5 Å². The van der Waals surface area contributed by atoms with Gasteiger partial charge in [-0.25, -0.2) is 8.42 Å². The van der Waals surface area contributed by atoms with E-state index in [0.717, 1.165) is 21.3 Å². The van der Waals surface area contributed by atoms with Crippen molar-refractivity contribution in [3.05, 3.63) is 97.1 Å². The number of amides is 1. The summed E-state index contributed by atoms with van der Waals surface area (Å²) >= 11 is 0. The number of fused-ring (bicyclic) bond motifs is 1. The fourth-order valence-electron chi connectivity index (χ4n) is 3.36. The molecule has 1 N–H and O–H groups in total. The smallest absolute Gasteiger partial charge is 0.245 e. The lowest BCUT2D eigenvalue weighted by molar-refractivity contribution is -0.114. The summed E-state index contributed by atoms with van der Waals surface area (Å²) in [4.78, 5) is 12.8. The molecule has 0 aliphatic carbocycles. The van der Waals surface area contributed by atoms with Crippen LogP contribution in [-0.4, -0.2) is 27.1 Å². The first-order valence-electron chi connectivity index (χ1n) is 9.98. The van der Waals surface area contributed by atoms with Gasteiger partial charge in [-0.15, -0.1) is 0 Å². The van der Waals surface area contributed by atoms with Gasteiger partial charge < -0.3 is 10.1 Å². The average molecular weight is 447 g/mol. The van der Waals surface area contributed by atoms with Crippen molar-refractivity contribution >= 4 is 38.1 Å². The Labute approximate surface area is 187 Å². The van der Waals surface area contributed by atoms with E-state index in [-0.39, 0.29) is 6.54 Å². The van der Waals surface area contributed by atoms with Gasteiger partial charge in [0.15, 0.2) is 0 Å². The Morgan fingerprint density at radius 1 is 0.812 bits per heavy atom. The SMILES string of the molecule is CS(=O)(=O)N(CC(=O)Nc1cccc2ccccc12)c1ccc(Oc2ccccc2)cc1. The number of hydrogen-bond acceptors (Lipinski definition) is 4. The molecule has 0 bridgehead atoms. The van der Waals surface area contributed by atoms with E-state index in [1.54, 1.807) is 30.3 Å². The van der Waals surface area contributed by atoms with Gasteiger partial charge in [0.25, 0.3) is 0 Å². The minimum Gasteiger partial charge on any atom is -0.457 e. The van der Waals surface area contributed by atoms with Crippen molar-refractivity contribution in [2.45, 2.75) is 0 Å². The summed E-state index contributed by atoms with van der Waals surface area (Å²) < 4.78 is 31.7. The van der Waals surface area contributed by atoms with Crippen LogP contribution >= 0.6 is 0 Å². The summed E-state index contributed by atoms with van der Waals surface area (Å²) in [6, 6.07) is 29.1. The normalized spacial score (nSPS) is 11.2. The molecule has 0 saturated heterocycles. The molecule has 7 heteroatoms. The maximum absolute atomic E-state index is 12.8. The largest absolute Gasteiger partial charge is 0.457 e. The zero-order valence-electron chi connectivity index (χ0n) is 17.4. The molecule has 6 nitrogen and oxygen atoms in total. The van der Waals surface area contributed by atoms with Gasteiger partial charge in [0.1, 0.15) is 18.0 Å². The van der Waals surface area contributed by atoms with E-state index >= 15 is 0 Å². The number of para-hydroxylation sites is 1. The van der Waals surface area contributed by atoms with Gasteiger partial charge in [-0.1, -0.05) is 54.6 Å². The minimum absolute atomic E-state index is 0.346. The highest BCUT2D eigenvalue weighted by Crippen LogP contribution is 2.26. The van der Waals surface area contributed by atoms with Crippen LogP contribution in [-0.2, 0) is 14.8 Å². The number of carbonyl (C=O) groups excluding carboxylic acids is 1. The number of carbonyl (C=O) groups is 1. The van der Waals surface area contributed by atoms with Gasteiger partial charge >= 0.3 is 0 Å². The van der Waals surface area contributed by atoms with Crippen molar-refractivity contribution in [1.29, 1.82) is 0 Å². The van der Waals surface area contributed by atoms with E-state index in [0.29, 0.717) is 22.9 Å². The third-order valence-corrected chi connectivity index (χ3v) is 6.00. The summed E-state index contributed by atoms with van der Waals surface area (Å²) in [5, 5.41) is 4.70. The van der Waals surface area contributed by atoms with E-state index in [1.807, 2.05) is 66.7 Å². The van der Waals surface area contributed by atoms with Gasteiger partial charge in [-0.3, -0.25) is 9.10 Å². The molecule has 1 amide bonds. The molecule has 4 aromatic rings. The van der Waals surface area contributed by atoms with Gasteiger partial charge in [0.2, 0.25) is 15.9 Å². The van der Waals surface area contributed by atoms with Crippen LogP contribution in [0.15, 0.2) is 97.1 Å². The molecule has 0 spiro atoms. The first kappa shape index (κ1) is 21.4. The monoisotopic (exact) mass is 446 g/mol. The molecule has 32 heavy (non-hydrogen) atoms. The van der Waals surface area contributed by atoms with E-state index in [1.165, 1.54) is 0 Å². The summed E-state index contributed by atoms with van der Waals surface area (Å²) in [7, 11) is -3.69. The minimum atomic E-state index is -3.69. The Hall–Kier alpha value is -3.84. The number of nitrogens with zero attached hydrogens (tertiary/aromatic N) is 1. The first-order valence-corrected chi connectivity index (χ1v) is 11.8. The van der Waals surface area contributed by atoms with Crippen molar-refractivity contribution in [3.63, 3.8) is 0 Å². The predicted molar refractivity (Wildman–Crippen MR) is 128 cm³/mol. The number of ether oxygens (including phenoxy) is 1. The highest BCUT2D eigenvalue weighted by atomic mass is 32.2. The molecule has 0 radical (unpaired) electrons. The Balaban J connectivity index is 1.52. The molecule has 0 atom stereocenters. The lowest BCUT2D eigenvalue weighted by atomic mass is 10.1. The first-order chi connectivity index (χ1) is 15.4. The fraction of sp³-hybridized carbons (Fsp3) is 0.0800. The van der Waals surface area contributed by atoms with Crippen LogP contribution in [0.4, 0.5) is 11.4 Å². The molecule has 0 heterocycles. The van der Waals surface area contributed by atoms with Crippen molar-refractivity contribution in [2.24, 2.45) is 0 Å². The second-order valence-corrected chi connectivity index (χ2v) is 9.16. The molecule has 0 saturated carbocycles. The van der Waals surface area contributed by atoms with E-state index in [9.17, 15) is 13.2 Å². The lowest BCUT2D eigenvalue weighted by Crippen LogP contribution is -2.37. The number of hydrogen-bond donors (Lipinski definition) is 1. The Morgan fingerprint density at radius 2 is 1.44 bits per heavy atom. The number of nitrogens with one attached hydrogen (secondary N) is 1. The molecular formula is C25H22N2O4S. The quantitative estimate of drug-likeness (QED) is 0.432. The Bertz CT molecular complexity index is 1330. The molecular weight excluding hydrogens is 424 g/mol. The van der Waals surface area contributed by atoms with Crippen LogP contribution in [0.25, 0.3) is 10.8 Å². The zero-order chi connectivity index (χ0) is 22.6. The van der Waals surface area contributed by atoms with Crippen molar-refractivity contribution < 1.29 is 17.9 Å². The van der Waals surface area contributed by atoms with Gasteiger partial charge in [-0.05, 0) is 47.9 Å². The standard InChI is InChI=1S/C25H22N2O4S/c1-32(29,30)27(20-14-16-22(17-15-20)31-21-10-3-2-4-11-21)18-25(28)26-24-13-7-9-19-8-5-6-12-23(19)24/h2-17H,18H2,1H3,(H,26,28). The van der Waals surface area contributed by atoms with Crippen LogP contribution in [0.1, 0.15) is 0 Å². The highest BCUT2D eigenvalue weighted by Gasteiger charge is 2.21. The van der Waals surface area contributed by atoms with Crippen LogP contribution < -0.4 is 14.4 Å². The summed E-state index contributed by atoms with van der Waals surface area (Å²) in [5.41, 5.74) is 1.01. The lowest BCUT2D eigenvalue weighted by Gasteiger charge is -2.22. The summed E-state index contributed by atoms with van der Waals surface area (Å²) in [6.45, 7) is -0.346. The summed E-state index contributed by atoms with van der Waals surface area (Å²) in [6.07, 6.45) is 1.08. The van der Waals surface area contributed by atoms with E-state index in [4.69, 9.17) is 4.74 Å². The van der Waals surface area contributed by atoms with Gasteiger partial charge in [0, 0.05) is 11.1 Å². The van der Waals surface area contributed by atoms with E-state index < -0.39 is 15.9 Å². The average Bonchev–Trinajstić information content (AvgIpc) is 2.78. The number of rotatable bonds is 7. The van der Waals surface area contributed by atoms with Crippen LogP contribution in [0.5, 0.6) is 11.5 Å². The molecule has 4 rings (SSSR count). The summed E-state index contributed by atoms with van der Waals surface area (Å²) in [5.74, 6) is 0.805. The fourth-order valence-corrected chi connectivity index (χ4v) is 4.22. The second kappa shape index (κ2) is 9.11. The van der Waals surface area contributed by atoms with Gasteiger partial charge in [-0.2, -0.15) is 0 Å². The number of sulfonamides is 1. The van der Waals surface area contributed by atoms with Crippen LogP contribution in [0, 0.1) is 0 Å². The molecule has 0 fully saturated rings. The van der Waals surface area contributed by atoms with Crippen molar-refractivity contribution in [2.75, 3.05) is 22.4 Å². The maximum Gasteiger partial charge on any atom is 0.245 e. The number of benzene rings is 4. The molecule has 0 unspecified atom stereocenters. The predicted octanol–water partition coefficient (Wildman–Crippen LogP) is 5.04. The van der Waals surface area contributed by atoms with Crippen molar-refractivity contribution in [1.82, 2.24) is 0 Å². The molecule has 162 valence electrons.